The lowest BCUT2D eigenvalue weighted by Gasteiger charge is -2.34. The molecular weight excluding hydrogens is 192 g/mol. The second-order valence-corrected chi connectivity index (χ2v) is 4.12. The van der Waals surface area contributed by atoms with E-state index in [4.69, 9.17) is 9.47 Å². The lowest BCUT2D eigenvalue weighted by atomic mass is 9.69. The van der Waals surface area contributed by atoms with Gasteiger partial charge in [0.25, 0.3) is 0 Å². The Bertz CT molecular complexity index is 306. The van der Waals surface area contributed by atoms with Gasteiger partial charge < -0.3 is 9.47 Å². The first-order valence-corrected chi connectivity index (χ1v) is 5.39. The summed E-state index contributed by atoms with van der Waals surface area (Å²) in [6.45, 7) is 3.97. The Hall–Kier alpha value is -1.25. The van der Waals surface area contributed by atoms with Gasteiger partial charge in [-0.3, -0.25) is 4.79 Å². The van der Waals surface area contributed by atoms with Gasteiger partial charge in [-0.15, -0.1) is 6.58 Å². The maximum absolute atomic E-state index is 12.1. The molecule has 3 heteroatoms. The third kappa shape index (κ3) is 1.66. The Morgan fingerprint density at radius 1 is 1.53 bits per heavy atom. The highest BCUT2D eigenvalue weighted by Gasteiger charge is 2.44. The van der Waals surface area contributed by atoms with Crippen molar-refractivity contribution in [2.45, 2.75) is 32.1 Å². The second-order valence-electron chi connectivity index (χ2n) is 4.12. The number of ether oxygens (including phenoxy) is 2. The quantitative estimate of drug-likeness (QED) is 0.668. The molecule has 0 aromatic carbocycles. The summed E-state index contributed by atoms with van der Waals surface area (Å²) in [5.74, 6) is 0.970. The van der Waals surface area contributed by atoms with Crippen LogP contribution in [0.3, 0.4) is 0 Å². The average Bonchev–Trinajstić information content (AvgIpc) is 2.75. The van der Waals surface area contributed by atoms with Crippen LogP contribution in [0.15, 0.2) is 24.7 Å². The van der Waals surface area contributed by atoms with Crippen LogP contribution in [0.2, 0.25) is 0 Å². The second kappa shape index (κ2) is 4.09. The van der Waals surface area contributed by atoms with E-state index >= 15 is 0 Å². The number of rotatable bonds is 3. The smallest absolute Gasteiger partial charge is 0.229 e. The van der Waals surface area contributed by atoms with Gasteiger partial charge in [0.15, 0.2) is 0 Å². The van der Waals surface area contributed by atoms with Crippen molar-refractivity contribution in [1.82, 2.24) is 0 Å². The minimum atomic E-state index is -0.476. The minimum absolute atomic E-state index is 0.238. The van der Waals surface area contributed by atoms with Crippen molar-refractivity contribution in [3.63, 3.8) is 0 Å². The maximum atomic E-state index is 12.1. The summed E-state index contributed by atoms with van der Waals surface area (Å²) < 4.78 is 10.4. The molecule has 1 unspecified atom stereocenters. The Labute approximate surface area is 89.8 Å². The van der Waals surface area contributed by atoms with Crippen LogP contribution in [-0.4, -0.2) is 12.6 Å². The molecule has 1 saturated carbocycles. The minimum Gasteiger partial charge on any atom is -0.462 e. The van der Waals surface area contributed by atoms with Crippen LogP contribution in [0.5, 0.6) is 0 Å². The van der Waals surface area contributed by atoms with Crippen LogP contribution in [0.4, 0.5) is 0 Å². The fourth-order valence-corrected chi connectivity index (χ4v) is 2.41. The van der Waals surface area contributed by atoms with Gasteiger partial charge >= 0.3 is 0 Å². The van der Waals surface area contributed by atoms with E-state index in [9.17, 15) is 4.79 Å². The van der Waals surface area contributed by atoms with Crippen LogP contribution in [0.1, 0.15) is 32.1 Å². The van der Waals surface area contributed by atoms with E-state index in [-0.39, 0.29) is 12.6 Å². The monoisotopic (exact) mass is 208 g/mol. The van der Waals surface area contributed by atoms with Crippen molar-refractivity contribution in [2.75, 3.05) is 6.79 Å². The molecule has 0 amide bonds. The molecule has 0 bridgehead atoms. The van der Waals surface area contributed by atoms with Crippen LogP contribution < -0.4 is 0 Å². The molecule has 0 spiro atoms. The van der Waals surface area contributed by atoms with Gasteiger partial charge in [0.2, 0.25) is 6.79 Å². The first kappa shape index (κ1) is 10.3. The molecular formula is C12H16O3. The molecule has 1 aliphatic heterocycles. The van der Waals surface area contributed by atoms with E-state index in [1.54, 1.807) is 12.3 Å². The molecule has 0 radical (unpaired) electrons. The molecule has 1 fully saturated rings. The Balaban J connectivity index is 2.28. The third-order valence-electron chi connectivity index (χ3n) is 3.23. The zero-order valence-corrected chi connectivity index (χ0v) is 8.83. The lowest BCUT2D eigenvalue weighted by Crippen LogP contribution is -2.36. The molecule has 0 aromatic heterocycles. The highest BCUT2D eigenvalue weighted by Crippen LogP contribution is 2.44. The zero-order chi connectivity index (χ0) is 10.7. The van der Waals surface area contributed by atoms with E-state index in [0.29, 0.717) is 18.6 Å². The van der Waals surface area contributed by atoms with Crippen LogP contribution >= 0.6 is 0 Å². The van der Waals surface area contributed by atoms with Gasteiger partial charge in [-0.1, -0.05) is 12.5 Å². The molecule has 2 rings (SSSR count). The largest absolute Gasteiger partial charge is 0.462 e. The number of hydrogen-bond donors (Lipinski definition) is 0. The van der Waals surface area contributed by atoms with E-state index < -0.39 is 5.41 Å². The van der Waals surface area contributed by atoms with Gasteiger partial charge in [-0.2, -0.15) is 0 Å². The van der Waals surface area contributed by atoms with Crippen molar-refractivity contribution < 1.29 is 14.3 Å². The van der Waals surface area contributed by atoms with Crippen molar-refractivity contribution >= 4 is 5.78 Å². The fraction of sp³-hybridized carbons (Fsp3) is 0.583. The summed E-state index contributed by atoms with van der Waals surface area (Å²) in [5, 5.41) is 0. The predicted octanol–water partition coefficient (Wildman–Crippen LogP) is 2.54. The van der Waals surface area contributed by atoms with E-state index in [1.165, 1.54) is 0 Å². The number of carbonyl (C=O) groups excluding carboxylic acids is 1. The van der Waals surface area contributed by atoms with E-state index in [0.717, 1.165) is 19.3 Å². The molecule has 15 heavy (non-hydrogen) atoms. The van der Waals surface area contributed by atoms with Crippen LogP contribution in [0, 0.1) is 5.41 Å². The standard InChI is InChI=1S/C12H16O3/c1-2-6-12(11-8-14-9-15-11)7-4-3-5-10(12)13/h2,8H,1,3-7,9H2. The predicted molar refractivity (Wildman–Crippen MR) is 55.8 cm³/mol. The molecule has 3 nitrogen and oxygen atoms in total. The van der Waals surface area contributed by atoms with Gasteiger partial charge in [0.1, 0.15) is 17.8 Å². The third-order valence-corrected chi connectivity index (χ3v) is 3.23. The number of hydrogen-bond acceptors (Lipinski definition) is 3. The number of allylic oxidation sites excluding steroid dienone is 2. The van der Waals surface area contributed by atoms with Gasteiger partial charge in [0.05, 0.1) is 5.41 Å². The van der Waals surface area contributed by atoms with E-state index in [2.05, 4.69) is 6.58 Å². The number of Topliss-reactive ketones (excluding diaryl/α,β-unsaturated/α-hetero) is 1. The SMILES string of the molecule is C=CCC1(C2=COCO2)CCCCC1=O. The molecule has 2 aliphatic rings. The molecule has 0 aromatic rings. The Kier molecular flexibility index (Phi) is 2.80. The highest BCUT2D eigenvalue weighted by molar-refractivity contribution is 5.88. The topological polar surface area (TPSA) is 35.5 Å². The summed E-state index contributed by atoms with van der Waals surface area (Å²) in [4.78, 5) is 12.1. The van der Waals surface area contributed by atoms with Crippen molar-refractivity contribution in [2.24, 2.45) is 5.41 Å². The summed E-state index contributed by atoms with van der Waals surface area (Å²) >= 11 is 0. The van der Waals surface area contributed by atoms with Crippen molar-refractivity contribution in [1.29, 1.82) is 0 Å². The fourth-order valence-electron chi connectivity index (χ4n) is 2.41. The Morgan fingerprint density at radius 2 is 2.40 bits per heavy atom. The van der Waals surface area contributed by atoms with Crippen LogP contribution in [0.25, 0.3) is 0 Å². The van der Waals surface area contributed by atoms with Gasteiger partial charge in [0, 0.05) is 6.42 Å². The number of carbonyl (C=O) groups is 1. The van der Waals surface area contributed by atoms with E-state index in [1.807, 2.05) is 0 Å². The maximum Gasteiger partial charge on any atom is 0.229 e. The summed E-state index contributed by atoms with van der Waals surface area (Å²) in [5.41, 5.74) is -0.476. The first-order valence-electron chi connectivity index (χ1n) is 5.39. The molecule has 1 aliphatic carbocycles. The molecule has 0 saturated heterocycles. The van der Waals surface area contributed by atoms with Gasteiger partial charge in [-0.05, 0) is 19.3 Å². The number of ketones is 1. The highest BCUT2D eigenvalue weighted by atomic mass is 16.7. The molecule has 82 valence electrons. The molecule has 1 heterocycles. The first-order chi connectivity index (χ1) is 7.29. The van der Waals surface area contributed by atoms with Crippen molar-refractivity contribution in [3.8, 4) is 0 Å². The van der Waals surface area contributed by atoms with Gasteiger partial charge in [-0.25, -0.2) is 0 Å². The average molecular weight is 208 g/mol. The molecule has 1 atom stereocenters. The summed E-state index contributed by atoms with van der Waals surface area (Å²) in [6, 6.07) is 0. The summed E-state index contributed by atoms with van der Waals surface area (Å²) in [6.07, 6.45) is 7.60. The van der Waals surface area contributed by atoms with Crippen molar-refractivity contribution in [3.05, 3.63) is 24.7 Å². The lowest BCUT2D eigenvalue weighted by molar-refractivity contribution is -0.131. The Morgan fingerprint density at radius 3 is 3.00 bits per heavy atom. The molecule has 0 N–H and O–H groups in total. The normalized spacial score (nSPS) is 30.4. The zero-order valence-electron chi connectivity index (χ0n) is 8.83. The van der Waals surface area contributed by atoms with Crippen LogP contribution in [-0.2, 0) is 14.3 Å². The summed E-state index contributed by atoms with van der Waals surface area (Å²) in [7, 11) is 0.